The lowest BCUT2D eigenvalue weighted by Crippen LogP contribution is -2.31. The Kier molecular flexibility index (Phi) is 6.08. The largest absolute Gasteiger partial charge is 0.391 e. The van der Waals surface area contributed by atoms with Crippen molar-refractivity contribution in [3.63, 3.8) is 0 Å². The molecule has 1 heterocycles. The molecular formula is C14H20N2O2. The average Bonchev–Trinajstić information content (AvgIpc) is 2.34. The topological polar surface area (TPSA) is 62.2 Å². The molecule has 0 aliphatic rings. The number of hydrogen-bond donors (Lipinski definition) is 2. The summed E-state index contributed by atoms with van der Waals surface area (Å²) in [5.41, 5.74) is 0.871. The van der Waals surface area contributed by atoms with Crippen LogP contribution < -0.4 is 5.32 Å². The van der Waals surface area contributed by atoms with Gasteiger partial charge < -0.3 is 10.4 Å². The molecule has 2 N–H and O–H groups in total. The van der Waals surface area contributed by atoms with E-state index in [2.05, 4.69) is 10.3 Å². The molecule has 1 unspecified atom stereocenters. The summed E-state index contributed by atoms with van der Waals surface area (Å²) in [6.07, 6.45) is 6.70. The van der Waals surface area contributed by atoms with Crippen LogP contribution in [-0.4, -0.2) is 28.6 Å². The van der Waals surface area contributed by atoms with Crippen molar-refractivity contribution in [2.45, 2.75) is 26.4 Å². The van der Waals surface area contributed by atoms with E-state index in [0.29, 0.717) is 12.3 Å². The van der Waals surface area contributed by atoms with Crippen LogP contribution in [0.15, 0.2) is 30.6 Å². The van der Waals surface area contributed by atoms with Crippen LogP contribution in [0, 0.1) is 5.92 Å². The van der Waals surface area contributed by atoms with E-state index in [1.165, 1.54) is 6.08 Å². The predicted molar refractivity (Wildman–Crippen MR) is 71.7 cm³/mol. The maximum Gasteiger partial charge on any atom is 0.244 e. The van der Waals surface area contributed by atoms with Crippen LogP contribution in [0.25, 0.3) is 6.08 Å². The summed E-state index contributed by atoms with van der Waals surface area (Å²) in [6.45, 7) is 4.36. The highest BCUT2D eigenvalue weighted by atomic mass is 16.3. The normalized spacial score (nSPS) is 12.9. The first-order chi connectivity index (χ1) is 8.58. The van der Waals surface area contributed by atoms with E-state index in [0.717, 1.165) is 5.56 Å². The van der Waals surface area contributed by atoms with Crippen molar-refractivity contribution in [3.05, 3.63) is 36.2 Å². The summed E-state index contributed by atoms with van der Waals surface area (Å²) in [5, 5.41) is 12.3. The molecule has 4 heteroatoms. The molecule has 1 aromatic rings. The van der Waals surface area contributed by atoms with Crippen LogP contribution in [0.2, 0.25) is 0 Å². The second-order valence-corrected chi connectivity index (χ2v) is 4.65. The number of carbonyl (C=O) groups excluding carboxylic acids is 1. The third kappa shape index (κ3) is 6.15. The third-order valence-electron chi connectivity index (χ3n) is 2.37. The van der Waals surface area contributed by atoms with Crippen LogP contribution in [0.5, 0.6) is 0 Å². The molecule has 0 radical (unpaired) electrons. The first-order valence-electron chi connectivity index (χ1n) is 6.12. The fourth-order valence-corrected chi connectivity index (χ4v) is 1.55. The van der Waals surface area contributed by atoms with Crippen LogP contribution >= 0.6 is 0 Å². The quantitative estimate of drug-likeness (QED) is 0.752. The van der Waals surface area contributed by atoms with Gasteiger partial charge in [-0.3, -0.25) is 9.78 Å². The van der Waals surface area contributed by atoms with Gasteiger partial charge in [0.05, 0.1) is 6.10 Å². The zero-order chi connectivity index (χ0) is 13.4. The number of carbonyl (C=O) groups is 1. The Balaban J connectivity index is 2.32. The van der Waals surface area contributed by atoms with E-state index in [-0.39, 0.29) is 12.5 Å². The third-order valence-corrected chi connectivity index (χ3v) is 2.37. The highest BCUT2D eigenvalue weighted by Gasteiger charge is 2.07. The molecule has 0 bridgehead atoms. The van der Waals surface area contributed by atoms with E-state index in [9.17, 15) is 9.90 Å². The standard InChI is InChI=1S/C14H20N2O2/c1-11(2)8-13(17)10-16-14(18)6-5-12-4-3-7-15-9-12/h3-7,9,11,13,17H,8,10H2,1-2H3,(H,16,18)/b6-5+. The Morgan fingerprint density at radius 2 is 2.33 bits per heavy atom. The van der Waals surface area contributed by atoms with Gasteiger partial charge in [0.15, 0.2) is 0 Å². The van der Waals surface area contributed by atoms with Gasteiger partial charge in [-0.2, -0.15) is 0 Å². The molecule has 18 heavy (non-hydrogen) atoms. The molecule has 4 nitrogen and oxygen atoms in total. The number of aromatic nitrogens is 1. The van der Waals surface area contributed by atoms with Crippen LogP contribution in [0.4, 0.5) is 0 Å². The van der Waals surface area contributed by atoms with E-state index in [1.807, 2.05) is 26.0 Å². The molecule has 0 aromatic carbocycles. The number of hydrogen-bond acceptors (Lipinski definition) is 3. The number of nitrogens with one attached hydrogen (secondary N) is 1. The van der Waals surface area contributed by atoms with Crippen molar-refractivity contribution in [2.24, 2.45) is 5.92 Å². The fourth-order valence-electron chi connectivity index (χ4n) is 1.55. The Bertz CT molecular complexity index is 388. The Morgan fingerprint density at radius 3 is 2.94 bits per heavy atom. The number of pyridine rings is 1. The maximum absolute atomic E-state index is 11.5. The minimum Gasteiger partial charge on any atom is -0.391 e. The summed E-state index contributed by atoms with van der Waals surface area (Å²) in [7, 11) is 0. The summed E-state index contributed by atoms with van der Waals surface area (Å²) in [6, 6.07) is 3.67. The van der Waals surface area contributed by atoms with E-state index in [1.54, 1.807) is 18.5 Å². The van der Waals surface area contributed by atoms with Crippen LogP contribution in [0.1, 0.15) is 25.8 Å². The van der Waals surface area contributed by atoms with Gasteiger partial charge in [-0.05, 0) is 30.0 Å². The SMILES string of the molecule is CC(C)CC(O)CNC(=O)/C=C/c1cccnc1. The Morgan fingerprint density at radius 1 is 1.56 bits per heavy atom. The number of aliphatic hydroxyl groups excluding tert-OH is 1. The molecule has 1 amide bonds. The monoisotopic (exact) mass is 248 g/mol. The van der Waals surface area contributed by atoms with Crippen molar-refractivity contribution < 1.29 is 9.90 Å². The molecule has 0 aliphatic heterocycles. The molecule has 0 aliphatic carbocycles. The number of aliphatic hydroxyl groups is 1. The molecule has 0 saturated heterocycles. The zero-order valence-electron chi connectivity index (χ0n) is 10.8. The Hall–Kier alpha value is -1.68. The van der Waals surface area contributed by atoms with E-state index >= 15 is 0 Å². The highest BCUT2D eigenvalue weighted by Crippen LogP contribution is 2.03. The summed E-state index contributed by atoms with van der Waals surface area (Å²) >= 11 is 0. The first kappa shape index (κ1) is 14.4. The zero-order valence-corrected chi connectivity index (χ0v) is 10.8. The second-order valence-electron chi connectivity index (χ2n) is 4.65. The average molecular weight is 248 g/mol. The number of amides is 1. The molecule has 0 fully saturated rings. The van der Waals surface area contributed by atoms with Gasteiger partial charge in [0.2, 0.25) is 5.91 Å². The minimum atomic E-state index is -0.485. The highest BCUT2D eigenvalue weighted by molar-refractivity contribution is 5.91. The molecule has 1 aromatic heterocycles. The van der Waals surface area contributed by atoms with Gasteiger partial charge in [-0.15, -0.1) is 0 Å². The van der Waals surface area contributed by atoms with Gasteiger partial charge in [0.1, 0.15) is 0 Å². The van der Waals surface area contributed by atoms with Crippen molar-refractivity contribution in [3.8, 4) is 0 Å². The maximum atomic E-state index is 11.5. The molecule has 0 saturated carbocycles. The van der Waals surface area contributed by atoms with Crippen molar-refractivity contribution in [1.82, 2.24) is 10.3 Å². The predicted octanol–water partition coefficient (Wildman–Crippen LogP) is 1.62. The van der Waals surface area contributed by atoms with Gasteiger partial charge in [0.25, 0.3) is 0 Å². The summed E-state index contributed by atoms with van der Waals surface area (Å²) in [5.74, 6) is 0.212. The van der Waals surface area contributed by atoms with Crippen molar-refractivity contribution in [2.75, 3.05) is 6.54 Å². The van der Waals surface area contributed by atoms with Gasteiger partial charge in [-0.25, -0.2) is 0 Å². The number of nitrogens with zero attached hydrogens (tertiary/aromatic N) is 1. The van der Waals surface area contributed by atoms with Crippen molar-refractivity contribution >= 4 is 12.0 Å². The van der Waals surface area contributed by atoms with Gasteiger partial charge >= 0.3 is 0 Å². The van der Waals surface area contributed by atoms with Crippen LogP contribution in [0.3, 0.4) is 0 Å². The second kappa shape index (κ2) is 7.61. The lowest BCUT2D eigenvalue weighted by Gasteiger charge is -2.12. The number of rotatable bonds is 6. The van der Waals surface area contributed by atoms with Gasteiger partial charge in [0, 0.05) is 25.0 Å². The first-order valence-corrected chi connectivity index (χ1v) is 6.12. The molecule has 98 valence electrons. The van der Waals surface area contributed by atoms with Gasteiger partial charge in [-0.1, -0.05) is 19.9 Å². The molecule has 1 atom stereocenters. The lowest BCUT2D eigenvalue weighted by molar-refractivity contribution is -0.116. The lowest BCUT2D eigenvalue weighted by atomic mass is 10.1. The van der Waals surface area contributed by atoms with Crippen LogP contribution in [-0.2, 0) is 4.79 Å². The molecular weight excluding hydrogens is 228 g/mol. The smallest absolute Gasteiger partial charge is 0.244 e. The summed E-state index contributed by atoms with van der Waals surface area (Å²) in [4.78, 5) is 15.4. The van der Waals surface area contributed by atoms with E-state index < -0.39 is 6.10 Å². The summed E-state index contributed by atoms with van der Waals surface area (Å²) < 4.78 is 0. The van der Waals surface area contributed by atoms with Crippen molar-refractivity contribution in [1.29, 1.82) is 0 Å². The molecule has 0 spiro atoms. The molecule has 1 rings (SSSR count). The fraction of sp³-hybridized carbons (Fsp3) is 0.429. The minimum absolute atomic E-state index is 0.207. The Labute approximate surface area is 108 Å². The van der Waals surface area contributed by atoms with E-state index in [4.69, 9.17) is 0 Å².